The fraction of sp³-hybridized carbons (Fsp3) is 0. The van der Waals surface area contributed by atoms with Crippen LogP contribution in [0.3, 0.4) is 0 Å². The molecule has 0 saturated carbocycles. The topological polar surface area (TPSA) is 9.23 Å². The van der Waals surface area contributed by atoms with E-state index in [1.807, 2.05) is 66.7 Å². The van der Waals surface area contributed by atoms with E-state index in [2.05, 4.69) is 36.4 Å². The van der Waals surface area contributed by atoms with Crippen LogP contribution in [-0.4, -0.2) is 0 Å². The Morgan fingerprint density at radius 1 is 0.383 bits per heavy atom. The zero-order valence-electron chi connectivity index (χ0n) is 33.7. The van der Waals surface area contributed by atoms with E-state index >= 15 is 0 Å². The molecule has 0 saturated heterocycles. The van der Waals surface area contributed by atoms with E-state index in [0.29, 0.717) is 5.56 Å². The monoisotopic (exact) mass is 603 g/mol. The Morgan fingerprint density at radius 3 is 2.00 bits per heavy atom. The van der Waals surface area contributed by atoms with Crippen LogP contribution in [0.1, 0.15) is 12.3 Å². The molecule has 1 nitrogen and oxygen atoms in total. The van der Waals surface area contributed by atoms with Crippen molar-refractivity contribution in [3.8, 4) is 44.9 Å². The Labute approximate surface area is 283 Å². The number of rotatable bonds is 2. The van der Waals surface area contributed by atoms with Gasteiger partial charge in [-0.15, -0.1) is 0 Å². The summed E-state index contributed by atoms with van der Waals surface area (Å²) in [5.41, 5.74) is 4.53. The highest BCUT2D eigenvalue weighted by Gasteiger charge is 2.24. The van der Waals surface area contributed by atoms with Crippen molar-refractivity contribution in [1.82, 2.24) is 0 Å². The third-order valence-corrected chi connectivity index (χ3v) is 9.64. The Balaban J connectivity index is 1.25. The van der Waals surface area contributed by atoms with Gasteiger partial charge in [0.25, 0.3) is 0 Å². The molecule has 47 heavy (non-hydrogen) atoms. The summed E-state index contributed by atoms with van der Waals surface area (Å²) in [4.78, 5) is 0. The van der Waals surface area contributed by atoms with Crippen LogP contribution in [0.15, 0.2) is 158 Å². The van der Waals surface area contributed by atoms with Crippen molar-refractivity contribution < 1.29 is 17.1 Å². The van der Waals surface area contributed by atoms with E-state index in [9.17, 15) is 4.11 Å². The van der Waals surface area contributed by atoms with Gasteiger partial charge >= 0.3 is 0 Å². The van der Waals surface area contributed by atoms with Gasteiger partial charge in [0.05, 0.1) is 12.3 Å². The van der Waals surface area contributed by atoms with Crippen molar-refractivity contribution in [3.63, 3.8) is 0 Å². The Bertz CT molecular complexity index is 3420. The van der Waals surface area contributed by atoms with E-state index in [4.69, 9.17) is 13.0 Å². The van der Waals surface area contributed by atoms with Gasteiger partial charge in [-0.25, -0.2) is 0 Å². The van der Waals surface area contributed by atoms with Crippen molar-refractivity contribution in [1.29, 1.82) is 0 Å². The second kappa shape index (κ2) is 9.19. The van der Waals surface area contributed by atoms with Crippen molar-refractivity contribution in [3.05, 3.63) is 158 Å². The smallest absolute Gasteiger partial charge is 0.143 e. The highest BCUT2D eigenvalue weighted by molar-refractivity contribution is 6.26. The molecule has 1 aliphatic heterocycles. The third-order valence-electron chi connectivity index (χ3n) is 9.64. The molecule has 0 bridgehead atoms. The summed E-state index contributed by atoms with van der Waals surface area (Å²) in [6.07, 6.45) is 0. The highest BCUT2D eigenvalue weighted by Crippen LogP contribution is 2.51. The maximum absolute atomic E-state index is 9.44. The van der Waals surface area contributed by atoms with Gasteiger partial charge in [-0.05, 0) is 106 Å². The van der Waals surface area contributed by atoms with Gasteiger partial charge in [0, 0.05) is 16.3 Å². The quantitative estimate of drug-likeness (QED) is 0.179. The fourth-order valence-corrected chi connectivity index (χ4v) is 7.55. The molecule has 10 aromatic carbocycles. The van der Waals surface area contributed by atoms with E-state index < -0.39 is 30.2 Å². The SMILES string of the molecule is [2H]c1c([2H])c2c([2H])c([2H])c3c([2H])c([2H])c(-c4cc(-c5ccc6c7c(cccc57)-c5ccc7ccccc7c5O6)c5ccccc5c4)c4c([2H])c([2H])c(c1[2H])c2c34. The Kier molecular flexibility index (Phi) is 3.54. The molecule has 0 aliphatic carbocycles. The van der Waals surface area contributed by atoms with Crippen LogP contribution in [-0.2, 0) is 0 Å². The van der Waals surface area contributed by atoms with E-state index in [0.717, 1.165) is 66.1 Å². The maximum atomic E-state index is 9.44. The summed E-state index contributed by atoms with van der Waals surface area (Å²) in [7, 11) is 0. The van der Waals surface area contributed by atoms with Crippen LogP contribution < -0.4 is 4.74 Å². The number of fused-ring (bicyclic) bond motifs is 5. The van der Waals surface area contributed by atoms with E-state index in [-0.39, 0.29) is 62.1 Å². The summed E-state index contributed by atoms with van der Waals surface area (Å²) in [6, 6.07) is 31.0. The molecule has 0 spiro atoms. The number of hydrogen-bond acceptors (Lipinski definition) is 1. The van der Waals surface area contributed by atoms with Crippen LogP contribution in [0.4, 0.5) is 0 Å². The van der Waals surface area contributed by atoms with Gasteiger partial charge in [0.1, 0.15) is 11.5 Å². The van der Waals surface area contributed by atoms with Crippen LogP contribution in [0.5, 0.6) is 11.5 Å². The largest absolute Gasteiger partial charge is 0.455 e. The molecular weight excluding hydrogens is 569 g/mol. The molecule has 0 N–H and O–H groups in total. The molecular formula is C46H26O. The highest BCUT2D eigenvalue weighted by atomic mass is 16.5. The standard InChI is InChI=1S/C46H26O/c1-4-12-35-27(7-1)17-22-40-38-14-6-13-37-36(23-24-42(45(37)38)47-46(35)40)41-26-32(25-31-8-2-3-11-33(31)41)34-20-18-30-16-15-28-9-5-10-29-19-21-39(34)44(30)43(28)29/h1-26H/i5D,9D,10D,15D,16D,18D,19D,20D,21D. The minimum absolute atomic E-state index is 0.0427. The lowest BCUT2D eigenvalue weighted by atomic mass is 9.85. The average molecular weight is 604 g/mol. The summed E-state index contributed by atoms with van der Waals surface area (Å²) in [6.45, 7) is 0. The first-order valence-corrected chi connectivity index (χ1v) is 15.5. The zero-order chi connectivity index (χ0) is 38.5. The molecule has 10 aromatic rings. The summed E-state index contributed by atoms with van der Waals surface area (Å²) in [5.74, 6) is 1.55. The third kappa shape index (κ3) is 3.43. The molecule has 0 fully saturated rings. The van der Waals surface area contributed by atoms with Crippen LogP contribution in [0.2, 0.25) is 0 Å². The summed E-state index contributed by atoms with van der Waals surface area (Å²) in [5, 5.41) is 6.11. The summed E-state index contributed by atoms with van der Waals surface area (Å²) >= 11 is 0. The second-order valence-corrected chi connectivity index (χ2v) is 12.1. The molecule has 216 valence electrons. The minimum atomic E-state index is -0.494. The van der Waals surface area contributed by atoms with E-state index in [1.54, 1.807) is 0 Å². The minimum Gasteiger partial charge on any atom is -0.455 e. The fourth-order valence-electron chi connectivity index (χ4n) is 7.55. The molecule has 0 aromatic heterocycles. The van der Waals surface area contributed by atoms with Crippen molar-refractivity contribution >= 4 is 64.6 Å². The number of benzene rings is 10. The number of ether oxygens (including phenoxy) is 1. The van der Waals surface area contributed by atoms with Crippen LogP contribution in [0, 0.1) is 0 Å². The average Bonchev–Trinajstić information content (AvgIpc) is 3.21. The first-order chi connectivity index (χ1) is 27.1. The lowest BCUT2D eigenvalue weighted by molar-refractivity contribution is 0.493. The second-order valence-electron chi connectivity index (χ2n) is 12.1. The molecule has 0 atom stereocenters. The van der Waals surface area contributed by atoms with Crippen molar-refractivity contribution in [2.45, 2.75) is 0 Å². The molecule has 1 aliphatic rings. The first kappa shape index (κ1) is 18.1. The lowest BCUT2D eigenvalue weighted by Crippen LogP contribution is -1.99. The van der Waals surface area contributed by atoms with Crippen molar-refractivity contribution in [2.24, 2.45) is 0 Å². The summed E-state index contributed by atoms with van der Waals surface area (Å²) < 4.78 is 87.6. The lowest BCUT2D eigenvalue weighted by Gasteiger charge is -2.24. The molecule has 1 heterocycles. The molecule has 11 rings (SSSR count). The van der Waals surface area contributed by atoms with E-state index in [1.165, 1.54) is 0 Å². The Hall–Kier alpha value is -6.18. The molecule has 0 amide bonds. The first-order valence-electron chi connectivity index (χ1n) is 20.0. The molecule has 1 heteroatoms. The predicted molar refractivity (Wildman–Crippen MR) is 199 cm³/mol. The van der Waals surface area contributed by atoms with Gasteiger partial charge in [-0.1, -0.05) is 133 Å². The Morgan fingerprint density at radius 2 is 1.11 bits per heavy atom. The van der Waals surface area contributed by atoms with Gasteiger partial charge in [-0.2, -0.15) is 0 Å². The van der Waals surface area contributed by atoms with Gasteiger partial charge in [0.15, 0.2) is 0 Å². The normalized spacial score (nSPS) is 15.1. The molecule has 0 unspecified atom stereocenters. The molecule has 0 radical (unpaired) electrons. The number of hydrogen-bond donors (Lipinski definition) is 0. The van der Waals surface area contributed by atoms with Gasteiger partial charge < -0.3 is 4.74 Å². The zero-order valence-corrected chi connectivity index (χ0v) is 24.7. The van der Waals surface area contributed by atoms with Crippen LogP contribution >= 0.6 is 0 Å². The predicted octanol–water partition coefficient (Wildman–Crippen LogP) is 13.2. The van der Waals surface area contributed by atoms with Crippen LogP contribution in [0.25, 0.3) is 98.0 Å². The van der Waals surface area contributed by atoms with Crippen molar-refractivity contribution in [2.75, 3.05) is 0 Å². The maximum Gasteiger partial charge on any atom is 0.143 e. The van der Waals surface area contributed by atoms with Gasteiger partial charge in [-0.3, -0.25) is 0 Å². The van der Waals surface area contributed by atoms with Gasteiger partial charge in [0.2, 0.25) is 0 Å².